The van der Waals surface area contributed by atoms with Crippen LogP contribution in [-0.2, 0) is 18.9 Å². The zero-order valence-electron chi connectivity index (χ0n) is 17.2. The molecule has 0 saturated carbocycles. The van der Waals surface area contributed by atoms with Crippen LogP contribution >= 0.6 is 0 Å². The third kappa shape index (κ3) is 4.00. The van der Waals surface area contributed by atoms with Gasteiger partial charge in [0.25, 0.3) is 11.5 Å². The van der Waals surface area contributed by atoms with Crippen molar-refractivity contribution >= 4 is 28.5 Å². The number of rotatable bonds is 5. The SMILES string of the molecule is CCC(=O)Nc1ccc(C(C)NC(=O)c2ccc3c(=O)n(C)c(=O)n(C)c3n2)cc1. The Balaban J connectivity index is 1.82. The number of nitrogens with zero attached hydrogens (tertiary/aromatic N) is 3. The lowest BCUT2D eigenvalue weighted by Gasteiger charge is -2.15. The second-order valence-electron chi connectivity index (χ2n) is 6.99. The van der Waals surface area contributed by atoms with E-state index in [1.807, 2.05) is 19.1 Å². The van der Waals surface area contributed by atoms with E-state index in [2.05, 4.69) is 15.6 Å². The van der Waals surface area contributed by atoms with E-state index in [0.29, 0.717) is 12.1 Å². The molecule has 0 aliphatic heterocycles. The molecule has 0 radical (unpaired) electrons. The summed E-state index contributed by atoms with van der Waals surface area (Å²) in [5.74, 6) is -0.503. The maximum absolute atomic E-state index is 12.7. The normalized spacial score (nSPS) is 11.9. The number of pyridine rings is 1. The zero-order chi connectivity index (χ0) is 22.0. The summed E-state index contributed by atoms with van der Waals surface area (Å²) < 4.78 is 2.23. The Bertz CT molecular complexity index is 1240. The number of amides is 2. The van der Waals surface area contributed by atoms with Crippen LogP contribution in [0.4, 0.5) is 5.69 Å². The van der Waals surface area contributed by atoms with Gasteiger partial charge in [0, 0.05) is 26.2 Å². The maximum atomic E-state index is 12.7. The van der Waals surface area contributed by atoms with Gasteiger partial charge in [-0.05, 0) is 36.8 Å². The van der Waals surface area contributed by atoms with E-state index >= 15 is 0 Å². The summed E-state index contributed by atoms with van der Waals surface area (Å²) in [7, 11) is 2.89. The Morgan fingerprint density at radius 1 is 1.03 bits per heavy atom. The summed E-state index contributed by atoms with van der Waals surface area (Å²) >= 11 is 0. The number of fused-ring (bicyclic) bond motifs is 1. The van der Waals surface area contributed by atoms with E-state index in [1.165, 1.54) is 30.8 Å². The van der Waals surface area contributed by atoms with Gasteiger partial charge in [-0.25, -0.2) is 9.78 Å². The Morgan fingerprint density at radius 2 is 1.70 bits per heavy atom. The minimum atomic E-state index is -0.513. The van der Waals surface area contributed by atoms with Crippen LogP contribution in [0.25, 0.3) is 11.0 Å². The Labute approximate surface area is 172 Å². The zero-order valence-corrected chi connectivity index (χ0v) is 17.2. The van der Waals surface area contributed by atoms with Crippen LogP contribution in [0.1, 0.15) is 42.4 Å². The summed E-state index contributed by atoms with van der Waals surface area (Å²) in [6, 6.07) is 9.80. The molecule has 9 nitrogen and oxygen atoms in total. The van der Waals surface area contributed by atoms with Crippen molar-refractivity contribution in [2.45, 2.75) is 26.3 Å². The van der Waals surface area contributed by atoms with Crippen molar-refractivity contribution in [3.8, 4) is 0 Å². The van der Waals surface area contributed by atoms with Gasteiger partial charge in [-0.1, -0.05) is 19.1 Å². The van der Waals surface area contributed by atoms with E-state index in [9.17, 15) is 19.2 Å². The highest BCUT2D eigenvalue weighted by molar-refractivity contribution is 5.94. The topological polar surface area (TPSA) is 115 Å². The number of anilines is 1. The molecule has 2 heterocycles. The predicted octanol–water partition coefficient (Wildman–Crippen LogP) is 1.47. The monoisotopic (exact) mass is 409 g/mol. The number of hydrogen-bond donors (Lipinski definition) is 2. The van der Waals surface area contributed by atoms with Gasteiger partial charge in [0.15, 0.2) is 0 Å². The molecule has 0 aliphatic rings. The molecule has 0 fully saturated rings. The van der Waals surface area contributed by atoms with Crippen molar-refractivity contribution < 1.29 is 9.59 Å². The summed E-state index contributed by atoms with van der Waals surface area (Å²) in [5, 5.41) is 5.88. The molecule has 3 rings (SSSR count). The molecule has 0 aliphatic carbocycles. The third-order valence-corrected chi connectivity index (χ3v) is 4.90. The van der Waals surface area contributed by atoms with Gasteiger partial charge < -0.3 is 10.6 Å². The average molecular weight is 409 g/mol. The second kappa shape index (κ2) is 8.32. The molecule has 2 amide bonds. The first-order valence-corrected chi connectivity index (χ1v) is 9.50. The number of benzene rings is 1. The van der Waals surface area contributed by atoms with Crippen molar-refractivity contribution in [2.75, 3.05) is 5.32 Å². The smallest absolute Gasteiger partial charge is 0.332 e. The molecule has 30 heavy (non-hydrogen) atoms. The van der Waals surface area contributed by atoms with E-state index in [0.717, 1.165) is 10.1 Å². The highest BCUT2D eigenvalue weighted by Crippen LogP contribution is 2.17. The van der Waals surface area contributed by atoms with Crippen LogP contribution in [0, 0.1) is 0 Å². The highest BCUT2D eigenvalue weighted by Gasteiger charge is 2.16. The molecule has 1 unspecified atom stereocenters. The molecule has 1 atom stereocenters. The third-order valence-electron chi connectivity index (χ3n) is 4.90. The van der Waals surface area contributed by atoms with E-state index in [1.54, 1.807) is 19.1 Å². The van der Waals surface area contributed by atoms with Crippen molar-refractivity contribution in [2.24, 2.45) is 14.1 Å². The number of aromatic nitrogens is 3. The molecule has 9 heteroatoms. The number of hydrogen-bond acceptors (Lipinski definition) is 5. The van der Waals surface area contributed by atoms with Crippen molar-refractivity contribution in [3.05, 3.63) is 68.5 Å². The fourth-order valence-corrected chi connectivity index (χ4v) is 3.04. The van der Waals surface area contributed by atoms with Gasteiger partial charge >= 0.3 is 5.69 Å². The Morgan fingerprint density at radius 3 is 2.33 bits per heavy atom. The number of carbonyl (C=O) groups is 2. The molecule has 2 aromatic heterocycles. The lowest BCUT2D eigenvalue weighted by molar-refractivity contribution is -0.115. The number of carbonyl (C=O) groups excluding carboxylic acids is 2. The fourth-order valence-electron chi connectivity index (χ4n) is 3.04. The first-order valence-electron chi connectivity index (χ1n) is 9.50. The summed E-state index contributed by atoms with van der Waals surface area (Å²) in [6.45, 7) is 3.60. The molecular weight excluding hydrogens is 386 g/mol. The van der Waals surface area contributed by atoms with Crippen LogP contribution < -0.4 is 21.9 Å². The number of aryl methyl sites for hydroxylation is 1. The first kappa shape index (κ1) is 21.0. The molecule has 1 aromatic carbocycles. The van der Waals surface area contributed by atoms with E-state index < -0.39 is 17.2 Å². The molecule has 0 bridgehead atoms. The molecule has 3 aromatic rings. The lowest BCUT2D eigenvalue weighted by Crippen LogP contribution is -2.37. The Hall–Kier alpha value is -3.75. The van der Waals surface area contributed by atoms with Gasteiger partial charge in [-0.15, -0.1) is 0 Å². The second-order valence-corrected chi connectivity index (χ2v) is 6.99. The first-order chi connectivity index (χ1) is 14.2. The van der Waals surface area contributed by atoms with E-state index in [-0.39, 0.29) is 28.7 Å². The van der Waals surface area contributed by atoms with Crippen LogP contribution in [-0.4, -0.2) is 25.9 Å². The molecule has 2 N–H and O–H groups in total. The van der Waals surface area contributed by atoms with Crippen molar-refractivity contribution in [1.29, 1.82) is 0 Å². The van der Waals surface area contributed by atoms with Gasteiger partial charge in [-0.3, -0.25) is 23.5 Å². The minimum Gasteiger partial charge on any atom is -0.344 e. The Kier molecular flexibility index (Phi) is 5.81. The molecule has 156 valence electrons. The van der Waals surface area contributed by atoms with Gasteiger partial charge in [0.05, 0.1) is 11.4 Å². The molecule has 0 spiro atoms. The van der Waals surface area contributed by atoms with Gasteiger partial charge in [0.1, 0.15) is 11.3 Å². The van der Waals surface area contributed by atoms with Crippen LogP contribution in [0.5, 0.6) is 0 Å². The number of nitrogens with one attached hydrogen (secondary N) is 2. The van der Waals surface area contributed by atoms with Gasteiger partial charge in [-0.2, -0.15) is 0 Å². The molecular formula is C21H23N5O4. The van der Waals surface area contributed by atoms with Gasteiger partial charge in [0.2, 0.25) is 5.91 Å². The van der Waals surface area contributed by atoms with Crippen LogP contribution in [0.2, 0.25) is 0 Å². The minimum absolute atomic E-state index is 0.0734. The average Bonchev–Trinajstić information content (AvgIpc) is 2.76. The van der Waals surface area contributed by atoms with Crippen molar-refractivity contribution in [3.63, 3.8) is 0 Å². The summed E-state index contributed by atoms with van der Waals surface area (Å²) in [6.07, 6.45) is 0.394. The lowest BCUT2D eigenvalue weighted by atomic mass is 10.1. The highest BCUT2D eigenvalue weighted by atomic mass is 16.2. The van der Waals surface area contributed by atoms with Crippen LogP contribution in [0.15, 0.2) is 46.0 Å². The summed E-state index contributed by atoms with van der Waals surface area (Å²) in [4.78, 5) is 52.7. The predicted molar refractivity (Wildman–Crippen MR) is 113 cm³/mol. The van der Waals surface area contributed by atoms with E-state index in [4.69, 9.17) is 0 Å². The van der Waals surface area contributed by atoms with Crippen molar-refractivity contribution in [1.82, 2.24) is 19.4 Å². The summed E-state index contributed by atoms with van der Waals surface area (Å²) in [5.41, 5.74) is 0.809. The quantitative estimate of drug-likeness (QED) is 0.662. The standard InChI is InChI=1S/C21H23N5O4/c1-5-17(27)23-14-8-6-13(7-9-14)12(2)22-19(28)16-11-10-15-18(24-16)25(3)21(30)26(4)20(15)29/h6-12H,5H2,1-4H3,(H,22,28)(H,23,27). The largest absolute Gasteiger partial charge is 0.344 e. The molecule has 0 saturated heterocycles. The van der Waals surface area contributed by atoms with Crippen LogP contribution in [0.3, 0.4) is 0 Å². The maximum Gasteiger partial charge on any atom is 0.332 e. The fraction of sp³-hybridized carbons (Fsp3) is 0.286.